The van der Waals surface area contributed by atoms with Crippen LogP contribution in [0, 0.1) is 0 Å². The highest BCUT2D eigenvalue weighted by Gasteiger charge is 2.00. The van der Waals surface area contributed by atoms with Gasteiger partial charge in [0.1, 0.15) is 0 Å². The molecule has 0 radical (unpaired) electrons. The molecule has 0 aromatic heterocycles. The van der Waals surface area contributed by atoms with Gasteiger partial charge in [-0.15, -0.1) is 0 Å². The van der Waals surface area contributed by atoms with Gasteiger partial charge >= 0.3 is 5.97 Å². The molecule has 0 atom stereocenters. The van der Waals surface area contributed by atoms with Gasteiger partial charge in [-0.1, -0.05) is 12.1 Å². The molecule has 15 heavy (non-hydrogen) atoms. The summed E-state index contributed by atoms with van der Waals surface area (Å²) in [7, 11) is 0. The first kappa shape index (κ1) is 11.0. The molecule has 0 aliphatic heterocycles. The second kappa shape index (κ2) is 4.95. The van der Waals surface area contributed by atoms with Crippen molar-refractivity contribution in [2.45, 2.75) is 6.42 Å². The molecule has 0 amide bonds. The Labute approximate surface area is 87.0 Å². The molecule has 1 aromatic rings. The number of carbonyl (C=O) groups is 2. The highest BCUT2D eigenvalue weighted by molar-refractivity contribution is 5.96. The van der Waals surface area contributed by atoms with E-state index in [0.717, 1.165) is 17.7 Å². The van der Waals surface area contributed by atoms with E-state index in [0.29, 0.717) is 5.69 Å². The predicted molar refractivity (Wildman–Crippen MR) is 56.3 cm³/mol. The minimum absolute atomic E-state index is 0.185. The van der Waals surface area contributed by atoms with E-state index >= 15 is 0 Å². The van der Waals surface area contributed by atoms with Crippen LogP contribution in [0.25, 0.3) is 0 Å². The van der Waals surface area contributed by atoms with Gasteiger partial charge in [0.2, 0.25) is 0 Å². The van der Waals surface area contributed by atoms with Gasteiger partial charge in [-0.2, -0.15) is 0 Å². The highest BCUT2D eigenvalue weighted by Crippen LogP contribution is 2.06. The number of nitrogens with two attached hydrogens (primary N) is 1. The number of rotatable bonds is 4. The molecule has 0 fully saturated rings. The summed E-state index contributed by atoms with van der Waals surface area (Å²) in [6.07, 6.45) is 2.07. The first-order valence-corrected chi connectivity index (χ1v) is 4.36. The van der Waals surface area contributed by atoms with Crippen molar-refractivity contribution in [3.8, 4) is 0 Å². The maximum Gasteiger partial charge on any atom is 0.328 e. The second-order valence-corrected chi connectivity index (χ2v) is 3.06. The van der Waals surface area contributed by atoms with E-state index in [2.05, 4.69) is 0 Å². The summed E-state index contributed by atoms with van der Waals surface area (Å²) in [5, 5.41) is 8.31. The number of carbonyl (C=O) groups excluding carboxylic acids is 1. The summed E-state index contributed by atoms with van der Waals surface area (Å²) in [5.41, 5.74) is 6.92. The zero-order chi connectivity index (χ0) is 11.3. The highest BCUT2D eigenvalue weighted by atomic mass is 16.4. The van der Waals surface area contributed by atoms with E-state index in [4.69, 9.17) is 10.8 Å². The van der Waals surface area contributed by atoms with Crippen molar-refractivity contribution >= 4 is 17.4 Å². The molecule has 0 aliphatic carbocycles. The molecular weight excluding hydrogens is 194 g/mol. The van der Waals surface area contributed by atoms with Crippen molar-refractivity contribution in [3.63, 3.8) is 0 Å². The molecule has 78 valence electrons. The number of aliphatic carboxylic acids is 1. The zero-order valence-corrected chi connectivity index (χ0v) is 8.01. The van der Waals surface area contributed by atoms with E-state index in [-0.39, 0.29) is 12.2 Å². The van der Waals surface area contributed by atoms with Crippen LogP contribution in [-0.2, 0) is 16.0 Å². The lowest BCUT2D eigenvalue weighted by Gasteiger charge is -1.97. The lowest BCUT2D eigenvalue weighted by atomic mass is 10.1. The third kappa shape index (κ3) is 4.08. The van der Waals surface area contributed by atoms with Gasteiger partial charge in [-0.05, 0) is 23.8 Å². The van der Waals surface area contributed by atoms with E-state index in [1.165, 1.54) is 0 Å². The molecule has 0 saturated carbocycles. The Morgan fingerprint density at radius 1 is 1.20 bits per heavy atom. The molecule has 0 unspecified atom stereocenters. The van der Waals surface area contributed by atoms with Crippen LogP contribution in [0.5, 0.6) is 0 Å². The van der Waals surface area contributed by atoms with Crippen LogP contribution in [0.4, 0.5) is 5.69 Å². The molecule has 1 aromatic carbocycles. The van der Waals surface area contributed by atoms with Crippen LogP contribution < -0.4 is 5.73 Å². The van der Waals surface area contributed by atoms with Crippen molar-refractivity contribution in [2.24, 2.45) is 0 Å². The number of ketones is 1. The fraction of sp³-hybridized carbons (Fsp3) is 0.0909. The average Bonchev–Trinajstić information content (AvgIpc) is 2.19. The Hall–Kier alpha value is -2.10. The number of carboxylic acid groups (broad SMARTS) is 1. The molecule has 0 aliphatic rings. The number of hydrogen-bond donors (Lipinski definition) is 2. The Morgan fingerprint density at radius 2 is 1.80 bits per heavy atom. The van der Waals surface area contributed by atoms with Gasteiger partial charge in [0.15, 0.2) is 5.78 Å². The normalized spacial score (nSPS) is 10.4. The lowest BCUT2D eigenvalue weighted by molar-refractivity contribution is -0.131. The lowest BCUT2D eigenvalue weighted by Crippen LogP contribution is -2.00. The molecule has 0 spiro atoms. The van der Waals surface area contributed by atoms with Crippen molar-refractivity contribution in [1.82, 2.24) is 0 Å². The van der Waals surface area contributed by atoms with Crippen LogP contribution in [0.3, 0.4) is 0 Å². The van der Waals surface area contributed by atoms with Crippen LogP contribution in [0.15, 0.2) is 36.4 Å². The second-order valence-electron chi connectivity index (χ2n) is 3.06. The van der Waals surface area contributed by atoms with E-state index in [1.54, 1.807) is 24.3 Å². The molecule has 4 nitrogen and oxygen atoms in total. The van der Waals surface area contributed by atoms with Crippen LogP contribution in [0.2, 0.25) is 0 Å². The average molecular weight is 205 g/mol. The Balaban J connectivity index is 2.59. The van der Waals surface area contributed by atoms with Gasteiger partial charge in [0.25, 0.3) is 0 Å². The monoisotopic (exact) mass is 205 g/mol. The van der Waals surface area contributed by atoms with Crippen LogP contribution >= 0.6 is 0 Å². The fourth-order valence-electron chi connectivity index (χ4n) is 1.06. The van der Waals surface area contributed by atoms with E-state index < -0.39 is 5.97 Å². The Morgan fingerprint density at radius 3 is 2.33 bits per heavy atom. The minimum Gasteiger partial charge on any atom is -0.478 e. The maximum atomic E-state index is 11.2. The maximum absolute atomic E-state index is 11.2. The third-order valence-corrected chi connectivity index (χ3v) is 1.77. The summed E-state index contributed by atoms with van der Waals surface area (Å²) in [6.45, 7) is 0. The largest absolute Gasteiger partial charge is 0.478 e. The summed E-state index contributed by atoms with van der Waals surface area (Å²) >= 11 is 0. The van der Waals surface area contributed by atoms with Gasteiger partial charge in [0, 0.05) is 18.2 Å². The summed E-state index contributed by atoms with van der Waals surface area (Å²) < 4.78 is 0. The Kier molecular flexibility index (Phi) is 3.62. The van der Waals surface area contributed by atoms with Crippen molar-refractivity contribution in [3.05, 3.63) is 42.0 Å². The van der Waals surface area contributed by atoms with Crippen molar-refractivity contribution in [1.29, 1.82) is 0 Å². The molecule has 0 heterocycles. The smallest absolute Gasteiger partial charge is 0.328 e. The number of nitrogen functional groups attached to an aromatic ring is 1. The van der Waals surface area contributed by atoms with Gasteiger partial charge in [0.05, 0.1) is 0 Å². The molecule has 0 bridgehead atoms. The molecular formula is C11H11NO3. The van der Waals surface area contributed by atoms with Gasteiger partial charge < -0.3 is 10.8 Å². The number of allylic oxidation sites excluding steroid dienone is 1. The van der Waals surface area contributed by atoms with E-state index in [1.807, 2.05) is 0 Å². The molecule has 4 heteroatoms. The Bertz CT molecular complexity index is 393. The molecule has 3 N–H and O–H groups in total. The SMILES string of the molecule is Nc1ccc(CC(=O)/C=C\C(=O)O)cc1. The summed E-state index contributed by atoms with van der Waals surface area (Å²) in [6, 6.07) is 6.87. The first-order chi connectivity index (χ1) is 7.08. The number of hydrogen-bond acceptors (Lipinski definition) is 3. The van der Waals surface area contributed by atoms with Crippen LogP contribution in [-0.4, -0.2) is 16.9 Å². The number of benzene rings is 1. The quantitative estimate of drug-likeness (QED) is 0.568. The summed E-state index contributed by atoms with van der Waals surface area (Å²) in [5.74, 6) is -1.37. The van der Waals surface area contributed by atoms with Crippen LogP contribution in [0.1, 0.15) is 5.56 Å². The molecule has 0 saturated heterocycles. The fourth-order valence-corrected chi connectivity index (χ4v) is 1.06. The molecule has 1 rings (SSSR count). The first-order valence-electron chi connectivity index (χ1n) is 4.36. The minimum atomic E-state index is -1.12. The number of carboxylic acids is 1. The summed E-state index contributed by atoms with van der Waals surface area (Å²) in [4.78, 5) is 21.4. The van der Waals surface area contributed by atoms with Crippen molar-refractivity contribution in [2.75, 3.05) is 5.73 Å². The standard InChI is InChI=1S/C11H11NO3/c12-9-3-1-8(2-4-9)7-10(13)5-6-11(14)15/h1-6H,7,12H2,(H,14,15)/b6-5-. The van der Waals surface area contributed by atoms with Crippen molar-refractivity contribution < 1.29 is 14.7 Å². The predicted octanol–water partition coefficient (Wildman–Crippen LogP) is 1.02. The van der Waals surface area contributed by atoms with E-state index in [9.17, 15) is 9.59 Å². The topological polar surface area (TPSA) is 80.4 Å². The van der Waals surface area contributed by atoms with Gasteiger partial charge in [-0.25, -0.2) is 4.79 Å². The zero-order valence-electron chi connectivity index (χ0n) is 8.01. The van der Waals surface area contributed by atoms with Gasteiger partial charge in [-0.3, -0.25) is 4.79 Å². The third-order valence-electron chi connectivity index (χ3n) is 1.77. The number of anilines is 1.